The Kier molecular flexibility index (Phi) is 5.33. The van der Waals surface area contributed by atoms with Crippen LogP contribution in [0.15, 0.2) is 47.6 Å². The maximum absolute atomic E-state index is 6.17. The molecule has 0 amide bonds. The van der Waals surface area contributed by atoms with Gasteiger partial charge in [0.25, 0.3) is 0 Å². The summed E-state index contributed by atoms with van der Waals surface area (Å²) in [5.41, 5.74) is 7.08. The molecule has 25 heavy (non-hydrogen) atoms. The number of benzene rings is 2. The number of hydrazone groups is 1. The van der Waals surface area contributed by atoms with Crippen molar-refractivity contribution < 1.29 is 0 Å². The molecular weight excluding hydrogens is 353 g/mol. The highest BCUT2D eigenvalue weighted by molar-refractivity contribution is 6.35. The Morgan fingerprint density at radius 2 is 1.88 bits per heavy atom. The minimum atomic E-state index is 0.455. The van der Waals surface area contributed by atoms with Gasteiger partial charge in [0.2, 0.25) is 0 Å². The molecule has 0 atom stereocenters. The first-order valence-electron chi connectivity index (χ1n) is 7.83. The highest BCUT2D eigenvalue weighted by Gasteiger charge is 2.11. The molecule has 126 valence electrons. The van der Waals surface area contributed by atoms with Crippen LogP contribution >= 0.6 is 23.2 Å². The molecule has 0 fully saturated rings. The van der Waals surface area contributed by atoms with E-state index in [0.29, 0.717) is 23.1 Å². The van der Waals surface area contributed by atoms with Crippen LogP contribution in [-0.2, 0) is 13.1 Å². The van der Waals surface area contributed by atoms with Gasteiger partial charge in [-0.05, 0) is 25.1 Å². The summed E-state index contributed by atoms with van der Waals surface area (Å²) in [5, 5.41) is 6.71. The number of hydrogen-bond acceptors (Lipinski definition) is 2. The van der Waals surface area contributed by atoms with Crippen molar-refractivity contribution in [2.45, 2.75) is 20.0 Å². The number of aromatic nitrogens is 1. The summed E-state index contributed by atoms with van der Waals surface area (Å²) in [4.78, 5) is 0. The average Bonchev–Trinajstić information content (AvgIpc) is 2.87. The van der Waals surface area contributed by atoms with E-state index in [9.17, 15) is 0 Å². The smallest absolute Gasteiger partial charge is 0.0837 e. The molecule has 0 unspecified atom stereocenters. The van der Waals surface area contributed by atoms with Gasteiger partial charge in [0.15, 0.2) is 0 Å². The molecule has 1 aromatic heterocycles. The molecule has 0 spiro atoms. The Labute approximate surface area is 157 Å². The van der Waals surface area contributed by atoms with Crippen LogP contribution in [0, 0.1) is 19.3 Å². The molecule has 2 aromatic carbocycles. The van der Waals surface area contributed by atoms with Gasteiger partial charge in [-0.2, -0.15) is 5.10 Å². The first kappa shape index (κ1) is 17.4. The van der Waals surface area contributed by atoms with Crippen LogP contribution in [0.5, 0.6) is 0 Å². The maximum atomic E-state index is 6.17. The Bertz CT molecular complexity index is 960. The topological polar surface area (TPSA) is 29.3 Å². The molecule has 0 saturated carbocycles. The van der Waals surface area contributed by atoms with E-state index in [2.05, 4.69) is 33.1 Å². The standard InChI is InChI=1S/C20H17Cl2N3/c1-3-11-25-14(2)16(15-7-4-5-10-20(15)25)12-23-24-13-17-18(21)8-6-9-19(17)22/h1,4-10,12,24H,11,13H2,2H3/b23-12+. The summed E-state index contributed by atoms with van der Waals surface area (Å²) in [6.45, 7) is 3.03. The van der Waals surface area contributed by atoms with Gasteiger partial charge < -0.3 is 9.99 Å². The van der Waals surface area contributed by atoms with E-state index >= 15 is 0 Å². The third-order valence-corrected chi connectivity index (χ3v) is 4.84. The van der Waals surface area contributed by atoms with Gasteiger partial charge in [-0.1, -0.05) is 53.4 Å². The van der Waals surface area contributed by atoms with E-state index in [4.69, 9.17) is 29.6 Å². The maximum Gasteiger partial charge on any atom is 0.0837 e. The molecule has 3 nitrogen and oxygen atoms in total. The zero-order valence-corrected chi connectivity index (χ0v) is 15.3. The van der Waals surface area contributed by atoms with Crippen molar-refractivity contribution in [3.63, 3.8) is 0 Å². The van der Waals surface area contributed by atoms with Gasteiger partial charge in [0.1, 0.15) is 0 Å². The number of nitrogens with one attached hydrogen (secondary N) is 1. The first-order valence-corrected chi connectivity index (χ1v) is 8.59. The Hall–Kier alpha value is -2.41. The number of halogens is 2. The van der Waals surface area contributed by atoms with Crippen molar-refractivity contribution in [2.24, 2.45) is 5.10 Å². The predicted molar refractivity (Wildman–Crippen MR) is 106 cm³/mol. The van der Waals surface area contributed by atoms with Gasteiger partial charge >= 0.3 is 0 Å². The van der Waals surface area contributed by atoms with Crippen LogP contribution in [0.25, 0.3) is 10.9 Å². The van der Waals surface area contributed by atoms with E-state index in [0.717, 1.165) is 27.7 Å². The molecule has 0 saturated heterocycles. The number of hydrogen-bond donors (Lipinski definition) is 1. The molecule has 0 radical (unpaired) electrons. The van der Waals surface area contributed by atoms with Crippen LogP contribution in [0.3, 0.4) is 0 Å². The Morgan fingerprint density at radius 1 is 1.16 bits per heavy atom. The van der Waals surface area contributed by atoms with Crippen LogP contribution in [-0.4, -0.2) is 10.8 Å². The summed E-state index contributed by atoms with van der Waals surface area (Å²) in [5.74, 6) is 2.71. The van der Waals surface area contributed by atoms with Crippen molar-refractivity contribution in [1.29, 1.82) is 0 Å². The van der Waals surface area contributed by atoms with Crippen molar-refractivity contribution in [3.05, 3.63) is 69.3 Å². The largest absolute Gasteiger partial charge is 0.333 e. The zero-order chi connectivity index (χ0) is 17.8. The van der Waals surface area contributed by atoms with E-state index in [1.54, 1.807) is 0 Å². The summed E-state index contributed by atoms with van der Waals surface area (Å²) in [6.07, 6.45) is 7.32. The number of para-hydroxylation sites is 1. The highest BCUT2D eigenvalue weighted by Crippen LogP contribution is 2.25. The van der Waals surface area contributed by atoms with Crippen molar-refractivity contribution in [1.82, 2.24) is 9.99 Å². The molecule has 1 N–H and O–H groups in total. The second-order valence-electron chi connectivity index (χ2n) is 5.60. The third kappa shape index (κ3) is 3.51. The molecule has 0 aliphatic heterocycles. The minimum Gasteiger partial charge on any atom is -0.333 e. The third-order valence-electron chi connectivity index (χ3n) is 4.13. The van der Waals surface area contributed by atoms with Gasteiger partial charge in [-0.15, -0.1) is 6.42 Å². The van der Waals surface area contributed by atoms with E-state index in [1.165, 1.54) is 0 Å². The lowest BCUT2D eigenvalue weighted by Gasteiger charge is -2.06. The fourth-order valence-electron chi connectivity index (χ4n) is 2.85. The summed E-state index contributed by atoms with van der Waals surface area (Å²) in [6, 6.07) is 13.6. The fraction of sp³-hybridized carbons (Fsp3) is 0.150. The van der Waals surface area contributed by atoms with E-state index in [-0.39, 0.29) is 0 Å². The van der Waals surface area contributed by atoms with Crippen LogP contribution in [0.1, 0.15) is 16.8 Å². The monoisotopic (exact) mass is 369 g/mol. The number of rotatable bonds is 5. The zero-order valence-electron chi connectivity index (χ0n) is 13.8. The van der Waals surface area contributed by atoms with Crippen LogP contribution in [0.4, 0.5) is 0 Å². The summed E-state index contributed by atoms with van der Waals surface area (Å²) in [7, 11) is 0. The minimum absolute atomic E-state index is 0.455. The SMILES string of the molecule is C#CCn1c(C)c(/C=N/NCc2c(Cl)cccc2Cl)c2ccccc21. The van der Waals surface area contributed by atoms with Crippen molar-refractivity contribution >= 4 is 40.3 Å². The number of fused-ring (bicyclic) bond motifs is 1. The quantitative estimate of drug-likeness (QED) is 0.382. The lowest BCUT2D eigenvalue weighted by molar-refractivity contribution is 0.748. The fourth-order valence-corrected chi connectivity index (χ4v) is 3.38. The molecule has 3 aromatic rings. The molecular formula is C20H17Cl2N3. The Morgan fingerprint density at radius 3 is 2.60 bits per heavy atom. The lowest BCUT2D eigenvalue weighted by atomic mass is 10.1. The molecule has 3 rings (SSSR count). The molecule has 0 bridgehead atoms. The van der Waals surface area contributed by atoms with E-state index < -0.39 is 0 Å². The van der Waals surface area contributed by atoms with Crippen molar-refractivity contribution in [3.8, 4) is 12.3 Å². The van der Waals surface area contributed by atoms with Crippen molar-refractivity contribution in [2.75, 3.05) is 0 Å². The summed E-state index contributed by atoms with van der Waals surface area (Å²) >= 11 is 12.3. The highest BCUT2D eigenvalue weighted by atomic mass is 35.5. The first-order chi connectivity index (χ1) is 12.1. The number of terminal acetylenes is 1. The molecule has 5 heteroatoms. The van der Waals surface area contributed by atoms with Crippen LogP contribution in [0.2, 0.25) is 10.0 Å². The van der Waals surface area contributed by atoms with E-state index in [1.807, 2.05) is 43.5 Å². The second-order valence-corrected chi connectivity index (χ2v) is 6.41. The molecule has 1 heterocycles. The predicted octanol–water partition coefficient (Wildman–Crippen LogP) is 5.01. The van der Waals surface area contributed by atoms with Gasteiger partial charge in [-0.25, -0.2) is 0 Å². The second kappa shape index (κ2) is 7.65. The number of nitrogens with zero attached hydrogens (tertiary/aromatic N) is 2. The summed E-state index contributed by atoms with van der Waals surface area (Å²) < 4.78 is 2.11. The Balaban J connectivity index is 1.85. The molecule has 0 aliphatic carbocycles. The lowest BCUT2D eigenvalue weighted by Crippen LogP contribution is -2.07. The molecule has 0 aliphatic rings. The van der Waals surface area contributed by atoms with Crippen LogP contribution < -0.4 is 5.43 Å². The average molecular weight is 370 g/mol. The van der Waals surface area contributed by atoms with Gasteiger partial charge in [-0.3, -0.25) is 0 Å². The van der Waals surface area contributed by atoms with Gasteiger partial charge in [0, 0.05) is 37.8 Å². The van der Waals surface area contributed by atoms with Gasteiger partial charge in [0.05, 0.1) is 19.3 Å². The normalized spacial score (nSPS) is 11.1.